The van der Waals surface area contributed by atoms with E-state index in [4.69, 9.17) is 11.6 Å². The summed E-state index contributed by atoms with van der Waals surface area (Å²) in [5, 5.41) is 0. The van der Waals surface area contributed by atoms with Crippen LogP contribution in [0.2, 0.25) is 0 Å². The molecular formula is C8H16ClNO4S. The van der Waals surface area contributed by atoms with Crippen molar-refractivity contribution in [3.63, 3.8) is 0 Å². The monoisotopic (exact) mass is 257 g/mol. The van der Waals surface area contributed by atoms with E-state index < -0.39 is 22.0 Å². The Morgan fingerprint density at radius 3 is 2.53 bits per heavy atom. The summed E-state index contributed by atoms with van der Waals surface area (Å²) in [5.41, 5.74) is 0. The normalized spacial score (nSPS) is 13.5. The van der Waals surface area contributed by atoms with Crippen LogP contribution in [0.1, 0.15) is 19.8 Å². The Balaban J connectivity index is 4.08. The molecule has 0 saturated carbocycles. The van der Waals surface area contributed by atoms with Crippen molar-refractivity contribution in [3.05, 3.63) is 0 Å². The van der Waals surface area contributed by atoms with Crippen molar-refractivity contribution >= 4 is 27.6 Å². The lowest BCUT2D eigenvalue weighted by molar-refractivity contribution is -0.142. The number of nitrogens with one attached hydrogen (secondary N) is 1. The summed E-state index contributed by atoms with van der Waals surface area (Å²) >= 11 is 5.42. The molecule has 0 rings (SSSR count). The molecular weight excluding hydrogens is 242 g/mol. The highest BCUT2D eigenvalue weighted by molar-refractivity contribution is 7.89. The van der Waals surface area contributed by atoms with Gasteiger partial charge in [-0.2, -0.15) is 0 Å². The van der Waals surface area contributed by atoms with Gasteiger partial charge in [0.1, 0.15) is 6.04 Å². The molecule has 90 valence electrons. The number of halogens is 1. The molecule has 0 aromatic rings. The Hall–Kier alpha value is -0.330. The average molecular weight is 258 g/mol. The van der Waals surface area contributed by atoms with Crippen molar-refractivity contribution in [1.29, 1.82) is 0 Å². The lowest BCUT2D eigenvalue weighted by atomic mass is 10.4. The maximum atomic E-state index is 11.4. The average Bonchev–Trinajstić information content (AvgIpc) is 2.16. The van der Waals surface area contributed by atoms with Crippen molar-refractivity contribution in [2.24, 2.45) is 0 Å². The number of methoxy groups -OCH3 is 1. The van der Waals surface area contributed by atoms with E-state index in [9.17, 15) is 13.2 Å². The maximum Gasteiger partial charge on any atom is 0.323 e. The third-order valence-corrected chi connectivity index (χ3v) is 3.51. The van der Waals surface area contributed by atoms with Gasteiger partial charge in [0.15, 0.2) is 0 Å². The molecule has 5 nitrogen and oxygen atoms in total. The molecule has 0 fully saturated rings. The van der Waals surface area contributed by atoms with Crippen LogP contribution >= 0.6 is 11.6 Å². The summed E-state index contributed by atoms with van der Waals surface area (Å²) in [7, 11) is -2.21. The van der Waals surface area contributed by atoms with Gasteiger partial charge in [0.05, 0.1) is 12.9 Å². The zero-order valence-electron chi connectivity index (χ0n) is 8.82. The van der Waals surface area contributed by atoms with Gasteiger partial charge in [-0.25, -0.2) is 13.1 Å². The second-order valence-corrected chi connectivity index (χ2v) is 5.33. The SMILES string of the molecule is COC(=O)[C@H](C)NS(=O)(=O)CCCCCl. The Morgan fingerprint density at radius 1 is 1.47 bits per heavy atom. The molecule has 0 aliphatic heterocycles. The van der Waals surface area contributed by atoms with Crippen LogP contribution in [0.25, 0.3) is 0 Å². The first-order chi connectivity index (χ1) is 6.93. The van der Waals surface area contributed by atoms with Crippen molar-refractivity contribution in [2.45, 2.75) is 25.8 Å². The number of ether oxygens (including phenoxy) is 1. The summed E-state index contributed by atoms with van der Waals surface area (Å²) in [5.74, 6) is -0.195. The lowest BCUT2D eigenvalue weighted by Crippen LogP contribution is -2.40. The zero-order valence-corrected chi connectivity index (χ0v) is 10.4. The van der Waals surface area contributed by atoms with Crippen molar-refractivity contribution in [1.82, 2.24) is 4.72 Å². The minimum absolute atomic E-state index is 0.0267. The van der Waals surface area contributed by atoms with Gasteiger partial charge < -0.3 is 4.74 Å². The predicted molar refractivity (Wildman–Crippen MR) is 58.4 cm³/mol. The Kier molecular flexibility index (Phi) is 6.87. The van der Waals surface area contributed by atoms with Crippen LogP contribution in [-0.2, 0) is 19.6 Å². The largest absolute Gasteiger partial charge is 0.468 e. The quantitative estimate of drug-likeness (QED) is 0.409. The molecule has 0 aromatic carbocycles. The van der Waals surface area contributed by atoms with Crippen LogP contribution in [0.5, 0.6) is 0 Å². The highest BCUT2D eigenvalue weighted by Gasteiger charge is 2.19. The van der Waals surface area contributed by atoms with Crippen LogP contribution in [-0.4, -0.2) is 39.2 Å². The topological polar surface area (TPSA) is 72.5 Å². The van der Waals surface area contributed by atoms with Gasteiger partial charge in [0.2, 0.25) is 10.0 Å². The third-order valence-electron chi connectivity index (χ3n) is 1.71. The molecule has 0 spiro atoms. The molecule has 0 saturated heterocycles. The van der Waals surface area contributed by atoms with Gasteiger partial charge in [-0.3, -0.25) is 4.79 Å². The molecule has 0 aliphatic rings. The van der Waals surface area contributed by atoms with E-state index in [2.05, 4.69) is 9.46 Å². The first kappa shape index (κ1) is 14.7. The Bertz CT molecular complexity index is 291. The first-order valence-corrected chi connectivity index (χ1v) is 6.75. The van der Waals surface area contributed by atoms with E-state index in [0.717, 1.165) is 0 Å². The van der Waals surface area contributed by atoms with Crippen LogP contribution in [0.4, 0.5) is 0 Å². The number of hydrogen-bond acceptors (Lipinski definition) is 4. The summed E-state index contributed by atoms with van der Waals surface area (Å²) < 4.78 is 29.4. The minimum Gasteiger partial charge on any atom is -0.468 e. The number of sulfonamides is 1. The Morgan fingerprint density at radius 2 is 2.07 bits per heavy atom. The fraction of sp³-hybridized carbons (Fsp3) is 0.875. The lowest BCUT2D eigenvalue weighted by Gasteiger charge is -2.11. The zero-order chi connectivity index (χ0) is 11.9. The number of hydrogen-bond donors (Lipinski definition) is 1. The summed E-state index contributed by atoms with van der Waals surface area (Å²) in [4.78, 5) is 10.9. The summed E-state index contributed by atoms with van der Waals surface area (Å²) in [6.45, 7) is 1.44. The molecule has 1 N–H and O–H groups in total. The van der Waals surface area contributed by atoms with Crippen molar-refractivity contribution in [2.75, 3.05) is 18.7 Å². The number of alkyl halides is 1. The van der Waals surface area contributed by atoms with Gasteiger partial charge in [-0.15, -0.1) is 11.6 Å². The van der Waals surface area contributed by atoms with Crippen molar-refractivity contribution in [3.8, 4) is 0 Å². The second kappa shape index (κ2) is 7.03. The third kappa shape index (κ3) is 6.70. The molecule has 15 heavy (non-hydrogen) atoms. The molecule has 0 aromatic heterocycles. The van der Waals surface area contributed by atoms with Gasteiger partial charge >= 0.3 is 5.97 Å². The van der Waals surface area contributed by atoms with Gasteiger partial charge in [0, 0.05) is 5.88 Å². The van der Waals surface area contributed by atoms with Gasteiger partial charge in [-0.05, 0) is 19.8 Å². The fourth-order valence-corrected chi connectivity index (χ4v) is 2.47. The molecule has 0 heterocycles. The van der Waals surface area contributed by atoms with E-state index in [1.165, 1.54) is 14.0 Å². The second-order valence-electron chi connectivity index (χ2n) is 3.08. The van der Waals surface area contributed by atoms with Crippen LogP contribution < -0.4 is 4.72 Å². The van der Waals surface area contributed by atoms with Crippen LogP contribution in [0, 0.1) is 0 Å². The molecule has 0 amide bonds. The van der Waals surface area contributed by atoms with Gasteiger partial charge in [-0.1, -0.05) is 0 Å². The molecule has 0 radical (unpaired) electrons. The van der Waals surface area contributed by atoms with E-state index in [-0.39, 0.29) is 5.75 Å². The molecule has 0 unspecified atom stereocenters. The van der Waals surface area contributed by atoms with E-state index in [1.54, 1.807) is 0 Å². The van der Waals surface area contributed by atoms with E-state index in [1.807, 2.05) is 0 Å². The number of carbonyl (C=O) groups excluding carboxylic acids is 1. The molecule has 0 bridgehead atoms. The standard InChI is InChI=1S/C8H16ClNO4S/c1-7(8(11)14-2)10-15(12,13)6-4-3-5-9/h7,10H,3-6H2,1-2H3/t7-/m0/s1. The Labute approximate surface area is 95.2 Å². The van der Waals surface area contributed by atoms with Gasteiger partial charge in [0.25, 0.3) is 0 Å². The fourth-order valence-electron chi connectivity index (χ4n) is 0.940. The smallest absolute Gasteiger partial charge is 0.323 e. The number of esters is 1. The van der Waals surface area contributed by atoms with Crippen LogP contribution in [0.3, 0.4) is 0 Å². The predicted octanol–water partition coefficient (Wildman–Crippen LogP) is 0.486. The van der Waals surface area contributed by atoms with E-state index >= 15 is 0 Å². The summed E-state index contributed by atoms with van der Waals surface area (Å²) in [6.07, 6.45) is 1.11. The molecule has 1 atom stereocenters. The number of carbonyl (C=O) groups is 1. The highest BCUT2D eigenvalue weighted by atomic mass is 35.5. The molecule has 0 aliphatic carbocycles. The molecule has 7 heteroatoms. The van der Waals surface area contributed by atoms with E-state index in [0.29, 0.717) is 18.7 Å². The van der Waals surface area contributed by atoms with Crippen molar-refractivity contribution < 1.29 is 17.9 Å². The maximum absolute atomic E-state index is 11.4. The first-order valence-electron chi connectivity index (χ1n) is 4.56. The minimum atomic E-state index is -3.42. The summed E-state index contributed by atoms with van der Waals surface area (Å²) in [6, 6.07) is -0.851. The highest BCUT2D eigenvalue weighted by Crippen LogP contribution is 1.98. The number of rotatable bonds is 7. The number of unbranched alkanes of at least 4 members (excludes halogenated alkanes) is 1. The van der Waals surface area contributed by atoms with Crippen LogP contribution in [0.15, 0.2) is 0 Å².